The van der Waals surface area contributed by atoms with Gasteiger partial charge in [-0.15, -0.1) is 0 Å². The van der Waals surface area contributed by atoms with E-state index in [1.54, 1.807) is 14.2 Å². The number of hydrogen-bond acceptors (Lipinski definition) is 8. The topological polar surface area (TPSA) is 108 Å². The zero-order chi connectivity index (χ0) is 23.1. The molecule has 1 aromatic carbocycles. The molecule has 11 heteroatoms. The normalized spacial score (nSPS) is 18.1. The third-order valence-electron chi connectivity index (χ3n) is 5.69. The Bertz CT molecular complexity index is 1250. The van der Waals surface area contributed by atoms with E-state index in [2.05, 4.69) is 30.1 Å². The molecule has 0 bridgehead atoms. The second kappa shape index (κ2) is 8.69. The van der Waals surface area contributed by atoms with Crippen molar-refractivity contribution in [2.24, 2.45) is 0 Å². The molecule has 0 aliphatic carbocycles. The maximum atomic E-state index is 12.1. The van der Waals surface area contributed by atoms with Crippen LogP contribution in [-0.2, 0) is 16.4 Å². The summed E-state index contributed by atoms with van der Waals surface area (Å²) in [6.45, 7) is 0.501. The Balaban J connectivity index is 1.74. The Labute approximate surface area is 192 Å². The van der Waals surface area contributed by atoms with E-state index in [1.165, 1.54) is 6.33 Å². The van der Waals surface area contributed by atoms with E-state index >= 15 is 0 Å². The summed E-state index contributed by atoms with van der Waals surface area (Å²) in [4.78, 5) is 15.9. The molecule has 9 nitrogen and oxygen atoms in total. The third-order valence-corrected chi connectivity index (χ3v) is 12.5. The van der Waals surface area contributed by atoms with Gasteiger partial charge in [0.15, 0.2) is 0 Å². The number of nitrogens with zero attached hydrogens (tertiary/aromatic N) is 4. The summed E-state index contributed by atoms with van der Waals surface area (Å²) in [7, 11) is 0.219. The molecular weight excluding hydrogens is 537 g/mol. The third kappa shape index (κ3) is 4.52. The van der Waals surface area contributed by atoms with E-state index in [-0.39, 0.29) is 17.5 Å². The summed E-state index contributed by atoms with van der Waals surface area (Å²) >= 11 is -2.69. The van der Waals surface area contributed by atoms with Crippen LogP contribution in [0.3, 0.4) is 0 Å². The van der Waals surface area contributed by atoms with Gasteiger partial charge in [-0.1, -0.05) is 0 Å². The Hall–Kier alpha value is -2.08. The Kier molecular flexibility index (Phi) is 6.27. The van der Waals surface area contributed by atoms with E-state index in [0.717, 1.165) is 26.2 Å². The number of ether oxygens (including phenoxy) is 2. The summed E-state index contributed by atoms with van der Waals surface area (Å²) < 4.78 is 37.9. The van der Waals surface area contributed by atoms with Crippen LogP contribution in [0.15, 0.2) is 24.5 Å². The molecule has 0 amide bonds. The molecule has 1 aliphatic rings. The van der Waals surface area contributed by atoms with Gasteiger partial charge in [0.2, 0.25) is 0 Å². The van der Waals surface area contributed by atoms with Crippen molar-refractivity contribution in [3.8, 4) is 11.5 Å². The zero-order valence-corrected chi connectivity index (χ0v) is 22.7. The molecule has 0 saturated carbocycles. The molecule has 1 N–H and O–H groups in total. The van der Waals surface area contributed by atoms with Crippen LogP contribution in [-0.4, -0.2) is 72.3 Å². The van der Waals surface area contributed by atoms with Gasteiger partial charge in [0.25, 0.3) is 0 Å². The van der Waals surface area contributed by atoms with Crippen LogP contribution >= 0.6 is 0 Å². The van der Waals surface area contributed by atoms with Crippen molar-refractivity contribution in [3.05, 3.63) is 30.1 Å². The molecule has 32 heavy (non-hydrogen) atoms. The van der Waals surface area contributed by atoms with Crippen LogP contribution in [0.2, 0.25) is 14.8 Å². The van der Waals surface area contributed by atoms with Gasteiger partial charge in [-0.25, -0.2) is 0 Å². The van der Waals surface area contributed by atoms with E-state index < -0.39 is 28.2 Å². The van der Waals surface area contributed by atoms with E-state index in [0.29, 0.717) is 24.4 Å². The van der Waals surface area contributed by atoms with E-state index in [1.807, 2.05) is 22.9 Å². The Morgan fingerprint density at radius 1 is 1.19 bits per heavy atom. The Morgan fingerprint density at radius 3 is 2.59 bits per heavy atom. The van der Waals surface area contributed by atoms with Crippen LogP contribution in [0.4, 0.5) is 5.82 Å². The first-order chi connectivity index (χ1) is 15.1. The molecule has 2 aromatic heterocycles. The molecule has 0 spiro atoms. The SMILES string of the molecule is COc1ccc(CNc2ncnc3c2[c]([Sn]([CH3])([CH3])[CH3])nn3C2CCS(=O)(=O)C2)c(OC)c1. The molecular formula is C21H29N5O4SSn. The minimum atomic E-state index is -3.04. The summed E-state index contributed by atoms with van der Waals surface area (Å²) in [6, 6.07) is 5.52. The predicted octanol–water partition coefficient (Wildman–Crippen LogP) is 2.36. The number of hydrogen-bond donors (Lipinski definition) is 1. The van der Waals surface area contributed by atoms with Gasteiger partial charge in [0.05, 0.1) is 0 Å². The number of aromatic nitrogens is 4. The number of fused-ring (bicyclic) bond motifs is 1. The predicted molar refractivity (Wildman–Crippen MR) is 127 cm³/mol. The van der Waals surface area contributed by atoms with Gasteiger partial charge >= 0.3 is 193 Å². The van der Waals surface area contributed by atoms with Crippen molar-refractivity contribution in [1.82, 2.24) is 19.7 Å². The van der Waals surface area contributed by atoms with Gasteiger partial charge in [-0.3, -0.25) is 0 Å². The maximum absolute atomic E-state index is 12.1. The van der Waals surface area contributed by atoms with Gasteiger partial charge < -0.3 is 0 Å². The van der Waals surface area contributed by atoms with Crippen molar-refractivity contribution >= 4 is 48.8 Å². The van der Waals surface area contributed by atoms with Gasteiger partial charge in [-0.05, 0) is 0 Å². The zero-order valence-electron chi connectivity index (χ0n) is 19.0. The molecule has 1 atom stereocenters. The monoisotopic (exact) mass is 567 g/mol. The van der Waals surface area contributed by atoms with Crippen LogP contribution in [0.25, 0.3) is 11.0 Å². The van der Waals surface area contributed by atoms with Crippen molar-refractivity contribution in [2.75, 3.05) is 31.0 Å². The average molecular weight is 566 g/mol. The number of nitrogens with one attached hydrogen (secondary N) is 1. The summed E-state index contributed by atoms with van der Waals surface area (Å²) in [6.07, 6.45) is 2.08. The number of anilines is 1. The second-order valence-electron chi connectivity index (χ2n) is 9.05. The van der Waals surface area contributed by atoms with Crippen molar-refractivity contribution in [2.45, 2.75) is 33.8 Å². The molecule has 1 aliphatic heterocycles. The fourth-order valence-electron chi connectivity index (χ4n) is 4.03. The molecule has 1 unspecified atom stereocenters. The summed E-state index contributed by atoms with van der Waals surface area (Å²) in [5, 5.41) is 9.29. The molecule has 1 saturated heterocycles. The van der Waals surface area contributed by atoms with E-state index in [9.17, 15) is 8.42 Å². The molecule has 3 aromatic rings. The first kappa shape index (κ1) is 23.1. The number of sulfone groups is 1. The Morgan fingerprint density at radius 2 is 1.97 bits per heavy atom. The molecule has 172 valence electrons. The standard InChI is InChI=1S/C18H20N5O4S.3CH3.Sn/c1-26-14-4-3-12(16(7-14)27-2)8-19-17-15-9-22-23(18(15)21-11-20-17)13-5-6-28(24,25)10-13;;;;/h3-4,7,11,13H,5-6,8,10H2,1-2H3,(H,19,20,21);3*1H3;. The first-order valence-corrected chi connectivity index (χ1v) is 22.3. The van der Waals surface area contributed by atoms with Gasteiger partial charge in [-0.2, -0.15) is 0 Å². The number of methoxy groups -OCH3 is 2. The number of benzene rings is 1. The summed E-state index contributed by atoms with van der Waals surface area (Å²) in [5.41, 5.74) is 1.67. The van der Waals surface area contributed by atoms with Crippen LogP contribution < -0.4 is 18.5 Å². The van der Waals surface area contributed by atoms with Gasteiger partial charge in [0, 0.05) is 0 Å². The van der Waals surface area contributed by atoms with Crippen molar-refractivity contribution < 1.29 is 17.9 Å². The first-order valence-electron chi connectivity index (χ1n) is 10.5. The van der Waals surface area contributed by atoms with Crippen LogP contribution in [0.1, 0.15) is 18.0 Å². The van der Waals surface area contributed by atoms with Crippen molar-refractivity contribution in [1.29, 1.82) is 0 Å². The second-order valence-corrected chi connectivity index (χ2v) is 25.5. The molecule has 0 radical (unpaired) electrons. The van der Waals surface area contributed by atoms with E-state index in [4.69, 9.17) is 14.6 Å². The summed E-state index contributed by atoms with van der Waals surface area (Å²) in [5.74, 6) is 2.47. The molecule has 1 fully saturated rings. The van der Waals surface area contributed by atoms with Gasteiger partial charge in [0.1, 0.15) is 0 Å². The molecule has 3 heterocycles. The fraction of sp³-hybridized carbons (Fsp3) is 0.476. The average Bonchev–Trinajstić information content (AvgIpc) is 3.32. The fourth-order valence-corrected chi connectivity index (χ4v) is 9.69. The van der Waals surface area contributed by atoms with Crippen molar-refractivity contribution in [3.63, 3.8) is 0 Å². The van der Waals surface area contributed by atoms with Crippen LogP contribution in [0, 0.1) is 0 Å². The minimum absolute atomic E-state index is 0.110. The number of rotatable bonds is 7. The molecule has 4 rings (SSSR count). The quantitative estimate of drug-likeness (QED) is 0.435. The van der Waals surface area contributed by atoms with Crippen LogP contribution in [0.5, 0.6) is 11.5 Å².